The van der Waals surface area contributed by atoms with Crippen LogP contribution in [0.5, 0.6) is 5.75 Å². The molecule has 0 aliphatic heterocycles. The van der Waals surface area contributed by atoms with E-state index < -0.39 is 0 Å². The molecule has 18 heavy (non-hydrogen) atoms. The molecular weight excluding hydrogens is 246 g/mol. The third kappa shape index (κ3) is 6.27. The Kier molecular flexibility index (Phi) is 7.86. The molecular formula is C15H24ClNO. The van der Waals surface area contributed by atoms with Crippen LogP contribution in [0.4, 0.5) is 0 Å². The summed E-state index contributed by atoms with van der Waals surface area (Å²) < 4.78 is 5.70. The Morgan fingerprint density at radius 1 is 1.17 bits per heavy atom. The molecule has 0 fully saturated rings. The minimum atomic E-state index is 0.705. The van der Waals surface area contributed by atoms with Gasteiger partial charge in [0.1, 0.15) is 12.4 Å². The van der Waals surface area contributed by atoms with Gasteiger partial charge in [0, 0.05) is 11.6 Å². The van der Waals surface area contributed by atoms with E-state index in [0.717, 1.165) is 29.4 Å². The summed E-state index contributed by atoms with van der Waals surface area (Å²) in [6.07, 6.45) is 5.20. The standard InChI is InChI=1S/C15H24ClNO/c1-3-4-5-6-9-17-10-11-18-15-8-7-14(16)12-13(15)2/h7-8,12,17H,3-6,9-11H2,1-2H3. The van der Waals surface area contributed by atoms with Crippen LogP contribution in [0.25, 0.3) is 0 Å². The van der Waals surface area contributed by atoms with Gasteiger partial charge >= 0.3 is 0 Å². The van der Waals surface area contributed by atoms with Crippen LogP contribution in [0.15, 0.2) is 18.2 Å². The fraction of sp³-hybridized carbons (Fsp3) is 0.600. The summed E-state index contributed by atoms with van der Waals surface area (Å²) in [5, 5.41) is 4.15. The zero-order chi connectivity index (χ0) is 13.2. The lowest BCUT2D eigenvalue weighted by atomic mass is 10.2. The van der Waals surface area contributed by atoms with Gasteiger partial charge in [-0.15, -0.1) is 0 Å². The van der Waals surface area contributed by atoms with E-state index in [1.54, 1.807) is 0 Å². The Morgan fingerprint density at radius 3 is 2.72 bits per heavy atom. The zero-order valence-electron chi connectivity index (χ0n) is 11.5. The Hall–Kier alpha value is -0.730. The molecule has 0 saturated heterocycles. The van der Waals surface area contributed by atoms with Crippen molar-refractivity contribution in [3.05, 3.63) is 28.8 Å². The second-order valence-electron chi connectivity index (χ2n) is 4.57. The van der Waals surface area contributed by atoms with Gasteiger partial charge in [-0.1, -0.05) is 37.8 Å². The molecule has 0 aliphatic carbocycles. The van der Waals surface area contributed by atoms with Crippen LogP contribution < -0.4 is 10.1 Å². The average molecular weight is 270 g/mol. The molecule has 0 spiro atoms. The summed E-state index contributed by atoms with van der Waals surface area (Å²) >= 11 is 5.89. The normalized spacial score (nSPS) is 10.6. The average Bonchev–Trinajstić information content (AvgIpc) is 2.35. The van der Waals surface area contributed by atoms with Gasteiger partial charge in [-0.2, -0.15) is 0 Å². The van der Waals surface area contributed by atoms with E-state index in [1.165, 1.54) is 25.7 Å². The van der Waals surface area contributed by atoms with E-state index in [9.17, 15) is 0 Å². The molecule has 3 heteroatoms. The van der Waals surface area contributed by atoms with E-state index in [-0.39, 0.29) is 0 Å². The number of aryl methyl sites for hydroxylation is 1. The van der Waals surface area contributed by atoms with Crippen molar-refractivity contribution in [2.24, 2.45) is 0 Å². The van der Waals surface area contributed by atoms with Gasteiger partial charge in [0.05, 0.1) is 0 Å². The molecule has 0 amide bonds. The predicted octanol–water partition coefficient (Wildman–Crippen LogP) is 4.20. The summed E-state index contributed by atoms with van der Waals surface area (Å²) in [4.78, 5) is 0. The molecule has 0 aliphatic rings. The second-order valence-corrected chi connectivity index (χ2v) is 5.01. The highest BCUT2D eigenvalue weighted by atomic mass is 35.5. The molecule has 0 aromatic heterocycles. The van der Waals surface area contributed by atoms with Crippen LogP contribution in [0.3, 0.4) is 0 Å². The highest BCUT2D eigenvalue weighted by Crippen LogP contribution is 2.21. The molecule has 0 atom stereocenters. The van der Waals surface area contributed by atoms with Crippen LogP contribution in [-0.4, -0.2) is 19.7 Å². The number of halogens is 1. The number of ether oxygens (including phenoxy) is 1. The van der Waals surface area contributed by atoms with Gasteiger partial charge < -0.3 is 10.1 Å². The Labute approximate surface area is 116 Å². The largest absolute Gasteiger partial charge is 0.492 e. The minimum absolute atomic E-state index is 0.705. The third-order valence-corrected chi connectivity index (χ3v) is 3.12. The van der Waals surface area contributed by atoms with Crippen LogP contribution in [0.1, 0.15) is 38.2 Å². The molecule has 1 aromatic rings. The fourth-order valence-electron chi connectivity index (χ4n) is 1.81. The quantitative estimate of drug-likeness (QED) is 0.679. The molecule has 0 radical (unpaired) electrons. The summed E-state index contributed by atoms with van der Waals surface area (Å²) in [6, 6.07) is 5.72. The number of unbranched alkanes of at least 4 members (excludes halogenated alkanes) is 3. The SMILES string of the molecule is CCCCCCNCCOc1ccc(Cl)cc1C. The van der Waals surface area contributed by atoms with E-state index >= 15 is 0 Å². The molecule has 1 aromatic carbocycles. The number of nitrogens with one attached hydrogen (secondary N) is 1. The van der Waals surface area contributed by atoms with E-state index in [4.69, 9.17) is 16.3 Å². The molecule has 0 heterocycles. The van der Waals surface area contributed by atoms with Crippen molar-refractivity contribution < 1.29 is 4.74 Å². The minimum Gasteiger partial charge on any atom is -0.492 e. The van der Waals surface area contributed by atoms with Gasteiger partial charge in [0.2, 0.25) is 0 Å². The first-order valence-corrected chi connectivity index (χ1v) is 7.21. The Balaban J connectivity index is 2.07. The van der Waals surface area contributed by atoms with E-state index in [1.807, 2.05) is 25.1 Å². The maximum absolute atomic E-state index is 5.89. The lowest BCUT2D eigenvalue weighted by Gasteiger charge is -2.10. The molecule has 2 nitrogen and oxygen atoms in total. The highest BCUT2D eigenvalue weighted by molar-refractivity contribution is 6.30. The smallest absolute Gasteiger partial charge is 0.122 e. The van der Waals surface area contributed by atoms with Crippen LogP contribution in [-0.2, 0) is 0 Å². The molecule has 1 N–H and O–H groups in total. The predicted molar refractivity (Wildman–Crippen MR) is 78.7 cm³/mol. The Morgan fingerprint density at radius 2 is 2.00 bits per heavy atom. The van der Waals surface area contributed by atoms with Crippen molar-refractivity contribution >= 4 is 11.6 Å². The number of hydrogen-bond acceptors (Lipinski definition) is 2. The molecule has 0 unspecified atom stereocenters. The Bertz CT molecular complexity index is 341. The zero-order valence-corrected chi connectivity index (χ0v) is 12.2. The molecule has 1 rings (SSSR count). The van der Waals surface area contributed by atoms with Crippen LogP contribution >= 0.6 is 11.6 Å². The van der Waals surface area contributed by atoms with Gasteiger partial charge in [0.25, 0.3) is 0 Å². The van der Waals surface area contributed by atoms with Gasteiger partial charge in [-0.3, -0.25) is 0 Å². The fourth-order valence-corrected chi connectivity index (χ4v) is 2.04. The lowest BCUT2D eigenvalue weighted by molar-refractivity contribution is 0.311. The lowest BCUT2D eigenvalue weighted by Crippen LogP contribution is -2.22. The second kappa shape index (κ2) is 9.23. The molecule has 0 saturated carbocycles. The van der Waals surface area contributed by atoms with Gasteiger partial charge in [-0.05, 0) is 43.7 Å². The topological polar surface area (TPSA) is 21.3 Å². The third-order valence-electron chi connectivity index (χ3n) is 2.88. The van der Waals surface area contributed by atoms with Crippen molar-refractivity contribution in [2.45, 2.75) is 39.5 Å². The number of hydrogen-bond donors (Lipinski definition) is 1. The first kappa shape index (κ1) is 15.3. The first-order valence-electron chi connectivity index (χ1n) is 6.83. The van der Waals surface area contributed by atoms with E-state index in [0.29, 0.717) is 6.61 Å². The maximum Gasteiger partial charge on any atom is 0.122 e. The van der Waals surface area contributed by atoms with Crippen molar-refractivity contribution in [3.8, 4) is 5.75 Å². The van der Waals surface area contributed by atoms with Crippen molar-refractivity contribution in [2.75, 3.05) is 19.7 Å². The number of rotatable bonds is 9. The summed E-state index contributed by atoms with van der Waals surface area (Å²) in [7, 11) is 0. The summed E-state index contributed by atoms with van der Waals surface area (Å²) in [6.45, 7) is 6.93. The molecule has 102 valence electrons. The summed E-state index contributed by atoms with van der Waals surface area (Å²) in [5.74, 6) is 0.923. The summed E-state index contributed by atoms with van der Waals surface area (Å²) in [5.41, 5.74) is 1.09. The number of benzene rings is 1. The van der Waals surface area contributed by atoms with Crippen LogP contribution in [0.2, 0.25) is 5.02 Å². The van der Waals surface area contributed by atoms with Gasteiger partial charge in [0.15, 0.2) is 0 Å². The van der Waals surface area contributed by atoms with Crippen LogP contribution in [0, 0.1) is 6.92 Å². The van der Waals surface area contributed by atoms with Crippen molar-refractivity contribution in [3.63, 3.8) is 0 Å². The van der Waals surface area contributed by atoms with Crippen molar-refractivity contribution in [1.82, 2.24) is 5.32 Å². The maximum atomic E-state index is 5.89. The molecule has 0 bridgehead atoms. The highest BCUT2D eigenvalue weighted by Gasteiger charge is 1.99. The van der Waals surface area contributed by atoms with E-state index in [2.05, 4.69) is 12.2 Å². The van der Waals surface area contributed by atoms with Crippen molar-refractivity contribution in [1.29, 1.82) is 0 Å². The first-order chi connectivity index (χ1) is 8.74. The van der Waals surface area contributed by atoms with Gasteiger partial charge in [-0.25, -0.2) is 0 Å². The monoisotopic (exact) mass is 269 g/mol.